The first-order valence-electron chi connectivity index (χ1n) is 5.85. The van der Waals surface area contributed by atoms with Crippen LogP contribution in [0.4, 0.5) is 13.2 Å². The summed E-state index contributed by atoms with van der Waals surface area (Å²) in [5.74, 6) is 0. The number of alkyl halides is 3. The topological polar surface area (TPSA) is 23.8 Å². The highest BCUT2D eigenvalue weighted by atomic mass is 19.4. The number of rotatable bonds is 2. The van der Waals surface area contributed by atoms with Gasteiger partial charge in [0.05, 0.1) is 17.2 Å². The smallest absolute Gasteiger partial charge is 0.192 e. The van der Waals surface area contributed by atoms with E-state index in [0.717, 1.165) is 12.1 Å². The van der Waals surface area contributed by atoms with Gasteiger partial charge in [0.25, 0.3) is 0 Å². The third-order valence-corrected chi connectivity index (χ3v) is 2.75. The molecule has 100 valence electrons. The van der Waals surface area contributed by atoms with Gasteiger partial charge in [0.2, 0.25) is 0 Å². The third-order valence-electron chi connectivity index (χ3n) is 2.75. The second-order valence-electron chi connectivity index (χ2n) is 4.16. The summed E-state index contributed by atoms with van der Waals surface area (Å²) in [7, 11) is 0. The van der Waals surface area contributed by atoms with Crippen molar-refractivity contribution in [2.24, 2.45) is 0 Å². The van der Waals surface area contributed by atoms with Crippen LogP contribution >= 0.6 is 0 Å². The number of nitriles is 1. The lowest BCUT2D eigenvalue weighted by molar-refractivity contribution is -0.137. The summed E-state index contributed by atoms with van der Waals surface area (Å²) in [5, 5.41) is 8.93. The largest absolute Gasteiger partial charge is 0.416 e. The molecule has 20 heavy (non-hydrogen) atoms. The minimum atomic E-state index is -4.35. The third kappa shape index (κ3) is 3.27. The number of halogens is 3. The number of benzene rings is 2. The molecule has 0 radical (unpaired) electrons. The molecule has 2 rings (SSSR count). The van der Waals surface area contributed by atoms with Crippen molar-refractivity contribution in [3.05, 3.63) is 70.8 Å². The molecule has 0 fully saturated rings. The lowest BCUT2D eigenvalue weighted by Crippen LogP contribution is -2.04. The van der Waals surface area contributed by atoms with Crippen LogP contribution in [0, 0.1) is 11.3 Å². The zero-order chi connectivity index (χ0) is 14.6. The van der Waals surface area contributed by atoms with E-state index in [2.05, 4.69) is 0 Å². The SMILES string of the molecule is N#Cc1ccccc1/C=C/c1cccc(C(F)(F)F)c1. The van der Waals surface area contributed by atoms with E-state index in [-0.39, 0.29) is 0 Å². The second-order valence-corrected chi connectivity index (χ2v) is 4.16. The summed E-state index contributed by atoms with van der Waals surface area (Å²) in [6, 6.07) is 14.0. The van der Waals surface area contributed by atoms with Crippen molar-refractivity contribution in [3.8, 4) is 6.07 Å². The van der Waals surface area contributed by atoms with E-state index >= 15 is 0 Å². The Balaban J connectivity index is 2.31. The number of hydrogen-bond donors (Lipinski definition) is 0. The Morgan fingerprint density at radius 2 is 1.70 bits per heavy atom. The summed E-state index contributed by atoms with van der Waals surface area (Å²) >= 11 is 0. The Hall–Kier alpha value is -2.54. The van der Waals surface area contributed by atoms with Crippen LogP contribution in [0.1, 0.15) is 22.3 Å². The molecule has 0 aliphatic heterocycles. The van der Waals surface area contributed by atoms with Gasteiger partial charge in [0.15, 0.2) is 0 Å². The first-order valence-corrected chi connectivity index (χ1v) is 5.85. The molecular formula is C16H10F3N. The molecule has 0 unspecified atom stereocenters. The lowest BCUT2D eigenvalue weighted by atomic mass is 10.1. The van der Waals surface area contributed by atoms with Crippen molar-refractivity contribution in [3.63, 3.8) is 0 Å². The first-order chi connectivity index (χ1) is 9.50. The van der Waals surface area contributed by atoms with E-state index < -0.39 is 11.7 Å². The monoisotopic (exact) mass is 273 g/mol. The molecule has 0 atom stereocenters. The van der Waals surface area contributed by atoms with Gasteiger partial charge in [-0.05, 0) is 29.3 Å². The van der Waals surface area contributed by atoms with Crippen LogP contribution in [0.15, 0.2) is 48.5 Å². The molecule has 0 saturated carbocycles. The van der Waals surface area contributed by atoms with Crippen molar-refractivity contribution in [2.75, 3.05) is 0 Å². The van der Waals surface area contributed by atoms with E-state index in [9.17, 15) is 13.2 Å². The van der Waals surface area contributed by atoms with Gasteiger partial charge in [0.1, 0.15) is 0 Å². The molecule has 0 spiro atoms. The summed E-state index contributed by atoms with van der Waals surface area (Å²) in [6.07, 6.45) is -1.16. The van der Waals surface area contributed by atoms with Gasteiger partial charge in [-0.3, -0.25) is 0 Å². The van der Waals surface area contributed by atoms with E-state index in [0.29, 0.717) is 16.7 Å². The Morgan fingerprint density at radius 3 is 2.40 bits per heavy atom. The van der Waals surface area contributed by atoms with Gasteiger partial charge in [-0.2, -0.15) is 18.4 Å². The lowest BCUT2D eigenvalue weighted by Gasteiger charge is -2.06. The molecule has 0 aliphatic carbocycles. The van der Waals surface area contributed by atoms with Crippen LogP contribution < -0.4 is 0 Å². The van der Waals surface area contributed by atoms with Gasteiger partial charge in [-0.25, -0.2) is 0 Å². The van der Waals surface area contributed by atoms with E-state index in [1.165, 1.54) is 6.07 Å². The molecule has 0 saturated heterocycles. The Bertz CT molecular complexity index is 679. The van der Waals surface area contributed by atoms with Gasteiger partial charge < -0.3 is 0 Å². The van der Waals surface area contributed by atoms with E-state index in [1.54, 1.807) is 42.5 Å². The number of hydrogen-bond acceptors (Lipinski definition) is 1. The molecule has 0 aromatic heterocycles. The molecule has 0 amide bonds. The predicted molar refractivity (Wildman–Crippen MR) is 71.5 cm³/mol. The van der Waals surface area contributed by atoms with Gasteiger partial charge in [0, 0.05) is 0 Å². The molecule has 0 heterocycles. The van der Waals surface area contributed by atoms with Crippen LogP contribution in [-0.4, -0.2) is 0 Å². The maximum Gasteiger partial charge on any atom is 0.416 e. The van der Waals surface area contributed by atoms with Crippen LogP contribution in [0.3, 0.4) is 0 Å². The maximum atomic E-state index is 12.6. The average Bonchev–Trinajstić information content (AvgIpc) is 2.45. The van der Waals surface area contributed by atoms with Crippen LogP contribution in [-0.2, 0) is 6.18 Å². The molecule has 4 heteroatoms. The minimum absolute atomic E-state index is 0.438. The highest BCUT2D eigenvalue weighted by Gasteiger charge is 2.30. The normalized spacial score (nSPS) is 11.5. The fraction of sp³-hybridized carbons (Fsp3) is 0.0625. The highest BCUT2D eigenvalue weighted by molar-refractivity contribution is 5.72. The second kappa shape index (κ2) is 5.62. The van der Waals surface area contributed by atoms with Gasteiger partial charge >= 0.3 is 6.18 Å². The summed E-state index contributed by atoms with van der Waals surface area (Å²) < 4.78 is 37.7. The van der Waals surface area contributed by atoms with Crippen molar-refractivity contribution >= 4 is 12.2 Å². The first kappa shape index (κ1) is 13.9. The van der Waals surface area contributed by atoms with Crippen molar-refractivity contribution in [2.45, 2.75) is 6.18 Å². The van der Waals surface area contributed by atoms with Crippen molar-refractivity contribution in [1.82, 2.24) is 0 Å². The zero-order valence-corrected chi connectivity index (χ0v) is 10.4. The van der Waals surface area contributed by atoms with Crippen LogP contribution in [0.5, 0.6) is 0 Å². The van der Waals surface area contributed by atoms with E-state index in [4.69, 9.17) is 5.26 Å². The number of nitrogens with zero attached hydrogens (tertiary/aromatic N) is 1. The fourth-order valence-corrected chi connectivity index (χ4v) is 1.75. The molecule has 1 nitrogen and oxygen atoms in total. The highest BCUT2D eigenvalue weighted by Crippen LogP contribution is 2.29. The van der Waals surface area contributed by atoms with Crippen LogP contribution in [0.2, 0.25) is 0 Å². The Morgan fingerprint density at radius 1 is 0.950 bits per heavy atom. The quantitative estimate of drug-likeness (QED) is 0.724. The molecule has 0 N–H and O–H groups in total. The summed E-state index contributed by atoms with van der Waals surface area (Å²) in [4.78, 5) is 0. The summed E-state index contributed by atoms with van der Waals surface area (Å²) in [6.45, 7) is 0. The predicted octanol–water partition coefficient (Wildman–Crippen LogP) is 4.75. The fourth-order valence-electron chi connectivity index (χ4n) is 1.75. The Kier molecular flexibility index (Phi) is 3.90. The maximum absolute atomic E-state index is 12.6. The minimum Gasteiger partial charge on any atom is -0.192 e. The Labute approximate surface area is 114 Å². The summed E-state index contributed by atoms with van der Waals surface area (Å²) in [5.41, 5.74) is 0.906. The standard InChI is InChI=1S/C16H10F3N/c17-16(18,19)15-7-3-4-12(10-15)8-9-13-5-1-2-6-14(13)11-20/h1-10H/b9-8+. The zero-order valence-electron chi connectivity index (χ0n) is 10.4. The molecular weight excluding hydrogens is 263 g/mol. The van der Waals surface area contributed by atoms with Gasteiger partial charge in [-0.1, -0.05) is 42.5 Å². The molecule has 2 aromatic carbocycles. The van der Waals surface area contributed by atoms with Crippen molar-refractivity contribution < 1.29 is 13.2 Å². The molecule has 0 bridgehead atoms. The average molecular weight is 273 g/mol. The molecule has 0 aliphatic rings. The van der Waals surface area contributed by atoms with E-state index in [1.807, 2.05) is 6.07 Å². The van der Waals surface area contributed by atoms with Gasteiger partial charge in [-0.15, -0.1) is 0 Å². The molecule has 2 aromatic rings. The van der Waals surface area contributed by atoms with Crippen LogP contribution in [0.25, 0.3) is 12.2 Å². The van der Waals surface area contributed by atoms with Crippen molar-refractivity contribution in [1.29, 1.82) is 5.26 Å².